The van der Waals surface area contributed by atoms with E-state index in [1.54, 1.807) is 13.2 Å². The SMILES string of the molecule is CN=C(NCCCCNc1ccccn1)NCCc1ccc2c(c1)OCO2. The second-order valence-corrected chi connectivity index (χ2v) is 6.21. The zero-order chi connectivity index (χ0) is 18.7. The summed E-state index contributed by atoms with van der Waals surface area (Å²) >= 11 is 0. The monoisotopic (exact) mass is 369 g/mol. The van der Waals surface area contributed by atoms with Gasteiger partial charge in [-0.15, -0.1) is 0 Å². The third-order valence-electron chi connectivity index (χ3n) is 4.23. The van der Waals surface area contributed by atoms with Gasteiger partial charge in [0.05, 0.1) is 0 Å². The molecule has 0 unspecified atom stereocenters. The standard InChI is InChI=1S/C20H27N5O2/c1-21-20(24-12-5-4-11-23-19-6-2-3-10-22-19)25-13-9-16-7-8-17-18(14-16)27-15-26-17/h2-3,6-8,10,14H,4-5,9,11-13,15H2,1H3,(H,22,23)(H2,21,24,25). The number of hydrogen-bond acceptors (Lipinski definition) is 5. The Labute approximate surface area is 160 Å². The highest BCUT2D eigenvalue weighted by Crippen LogP contribution is 2.32. The number of aromatic nitrogens is 1. The number of nitrogens with one attached hydrogen (secondary N) is 3. The summed E-state index contributed by atoms with van der Waals surface area (Å²) in [5.74, 6) is 3.40. The molecule has 0 saturated heterocycles. The normalized spacial score (nSPS) is 12.7. The Bertz CT molecular complexity index is 736. The Hall–Kier alpha value is -2.96. The number of rotatable bonds is 9. The maximum Gasteiger partial charge on any atom is 0.231 e. The fourth-order valence-corrected chi connectivity index (χ4v) is 2.78. The predicted molar refractivity (Wildman–Crippen MR) is 108 cm³/mol. The van der Waals surface area contributed by atoms with Gasteiger partial charge < -0.3 is 25.4 Å². The van der Waals surface area contributed by atoms with Gasteiger partial charge in [-0.05, 0) is 49.1 Å². The van der Waals surface area contributed by atoms with E-state index in [2.05, 4.69) is 32.0 Å². The summed E-state index contributed by atoms with van der Waals surface area (Å²) in [6.07, 6.45) is 4.81. The van der Waals surface area contributed by atoms with Crippen LogP contribution in [0.25, 0.3) is 0 Å². The predicted octanol–water partition coefficient (Wildman–Crippen LogP) is 2.41. The molecule has 1 aromatic heterocycles. The van der Waals surface area contributed by atoms with Crippen molar-refractivity contribution in [1.29, 1.82) is 0 Å². The molecule has 0 aliphatic carbocycles. The molecule has 0 fully saturated rings. The van der Waals surface area contributed by atoms with Crippen molar-refractivity contribution in [2.24, 2.45) is 4.99 Å². The number of guanidine groups is 1. The van der Waals surface area contributed by atoms with Gasteiger partial charge in [0.1, 0.15) is 5.82 Å². The highest BCUT2D eigenvalue weighted by molar-refractivity contribution is 5.79. The average Bonchev–Trinajstić information content (AvgIpc) is 3.18. The number of aliphatic imine (C=N–C) groups is 1. The van der Waals surface area contributed by atoms with Gasteiger partial charge in [0.2, 0.25) is 6.79 Å². The lowest BCUT2D eigenvalue weighted by Gasteiger charge is -2.12. The van der Waals surface area contributed by atoms with Crippen LogP contribution in [0.4, 0.5) is 5.82 Å². The Morgan fingerprint density at radius 1 is 1.04 bits per heavy atom. The van der Waals surface area contributed by atoms with E-state index in [4.69, 9.17) is 9.47 Å². The topological polar surface area (TPSA) is 79.8 Å². The van der Waals surface area contributed by atoms with Gasteiger partial charge in [0, 0.05) is 32.9 Å². The highest BCUT2D eigenvalue weighted by Gasteiger charge is 2.12. The summed E-state index contributed by atoms with van der Waals surface area (Å²) in [6.45, 7) is 2.91. The van der Waals surface area contributed by atoms with Gasteiger partial charge in [0.15, 0.2) is 17.5 Å². The van der Waals surface area contributed by atoms with Gasteiger partial charge in [-0.1, -0.05) is 12.1 Å². The van der Waals surface area contributed by atoms with Crippen LogP contribution in [0, 0.1) is 0 Å². The number of benzene rings is 1. The molecule has 1 aromatic carbocycles. The van der Waals surface area contributed by atoms with E-state index in [-0.39, 0.29) is 0 Å². The van der Waals surface area contributed by atoms with Crippen molar-refractivity contribution in [2.75, 3.05) is 38.8 Å². The molecule has 3 rings (SSSR count). The lowest BCUT2D eigenvalue weighted by Crippen LogP contribution is -2.38. The van der Waals surface area contributed by atoms with Crippen LogP contribution in [0.2, 0.25) is 0 Å². The highest BCUT2D eigenvalue weighted by atomic mass is 16.7. The van der Waals surface area contributed by atoms with E-state index in [0.717, 1.165) is 62.2 Å². The van der Waals surface area contributed by atoms with Crippen molar-refractivity contribution in [3.63, 3.8) is 0 Å². The van der Waals surface area contributed by atoms with E-state index in [1.165, 1.54) is 5.56 Å². The molecule has 27 heavy (non-hydrogen) atoms. The Morgan fingerprint density at radius 3 is 2.74 bits per heavy atom. The smallest absolute Gasteiger partial charge is 0.231 e. The van der Waals surface area contributed by atoms with Crippen LogP contribution in [0.1, 0.15) is 18.4 Å². The minimum absolute atomic E-state index is 0.310. The molecule has 2 aromatic rings. The van der Waals surface area contributed by atoms with Gasteiger partial charge in [-0.2, -0.15) is 0 Å². The van der Waals surface area contributed by atoms with Crippen molar-refractivity contribution >= 4 is 11.8 Å². The second-order valence-electron chi connectivity index (χ2n) is 6.21. The lowest BCUT2D eigenvalue weighted by atomic mass is 10.1. The fraction of sp³-hybridized carbons (Fsp3) is 0.400. The minimum atomic E-state index is 0.310. The van der Waals surface area contributed by atoms with Gasteiger partial charge in [-0.25, -0.2) is 4.98 Å². The van der Waals surface area contributed by atoms with Crippen LogP contribution in [0.15, 0.2) is 47.6 Å². The third-order valence-corrected chi connectivity index (χ3v) is 4.23. The lowest BCUT2D eigenvalue weighted by molar-refractivity contribution is 0.174. The van der Waals surface area contributed by atoms with E-state index in [0.29, 0.717) is 6.79 Å². The summed E-state index contributed by atoms with van der Waals surface area (Å²) in [5.41, 5.74) is 1.21. The van der Waals surface area contributed by atoms with E-state index < -0.39 is 0 Å². The van der Waals surface area contributed by atoms with E-state index in [1.807, 2.05) is 30.3 Å². The summed E-state index contributed by atoms with van der Waals surface area (Å²) in [4.78, 5) is 8.51. The largest absolute Gasteiger partial charge is 0.454 e. The molecular weight excluding hydrogens is 342 g/mol. The zero-order valence-corrected chi connectivity index (χ0v) is 15.7. The molecule has 1 aliphatic rings. The fourth-order valence-electron chi connectivity index (χ4n) is 2.78. The molecule has 3 N–H and O–H groups in total. The number of pyridine rings is 1. The number of hydrogen-bond donors (Lipinski definition) is 3. The molecule has 0 spiro atoms. The maximum absolute atomic E-state index is 5.41. The Kier molecular flexibility index (Phi) is 7.15. The van der Waals surface area contributed by atoms with Crippen molar-refractivity contribution in [3.05, 3.63) is 48.2 Å². The Balaban J connectivity index is 1.27. The summed E-state index contributed by atoms with van der Waals surface area (Å²) in [6, 6.07) is 11.9. The average molecular weight is 369 g/mol. The number of fused-ring (bicyclic) bond motifs is 1. The van der Waals surface area contributed by atoms with Crippen LogP contribution in [0.5, 0.6) is 11.5 Å². The summed E-state index contributed by atoms with van der Waals surface area (Å²) in [7, 11) is 1.79. The first-order chi connectivity index (χ1) is 13.3. The molecule has 144 valence electrons. The maximum atomic E-state index is 5.41. The molecule has 0 amide bonds. The van der Waals surface area contributed by atoms with Crippen molar-refractivity contribution in [1.82, 2.24) is 15.6 Å². The number of ether oxygens (including phenoxy) is 2. The van der Waals surface area contributed by atoms with Crippen LogP contribution < -0.4 is 25.4 Å². The van der Waals surface area contributed by atoms with E-state index in [9.17, 15) is 0 Å². The molecule has 0 radical (unpaired) electrons. The molecule has 7 nitrogen and oxygen atoms in total. The van der Waals surface area contributed by atoms with E-state index >= 15 is 0 Å². The Morgan fingerprint density at radius 2 is 1.89 bits per heavy atom. The first kappa shape index (κ1) is 18.8. The number of unbranched alkanes of at least 4 members (excludes halogenated alkanes) is 1. The molecule has 0 saturated carbocycles. The van der Waals surface area contributed by atoms with Gasteiger partial charge in [-0.3, -0.25) is 4.99 Å². The second kappa shape index (κ2) is 10.3. The van der Waals surface area contributed by atoms with Crippen molar-refractivity contribution in [3.8, 4) is 11.5 Å². The van der Waals surface area contributed by atoms with Crippen LogP contribution >= 0.6 is 0 Å². The van der Waals surface area contributed by atoms with Gasteiger partial charge >= 0.3 is 0 Å². The first-order valence-electron chi connectivity index (χ1n) is 9.33. The van der Waals surface area contributed by atoms with Crippen molar-refractivity contribution < 1.29 is 9.47 Å². The van der Waals surface area contributed by atoms with Crippen LogP contribution in [-0.2, 0) is 6.42 Å². The molecule has 7 heteroatoms. The summed E-state index contributed by atoms with van der Waals surface area (Å²) < 4.78 is 10.7. The zero-order valence-electron chi connectivity index (χ0n) is 15.7. The third kappa shape index (κ3) is 6.06. The van der Waals surface area contributed by atoms with Crippen molar-refractivity contribution in [2.45, 2.75) is 19.3 Å². The van der Waals surface area contributed by atoms with Gasteiger partial charge in [0.25, 0.3) is 0 Å². The minimum Gasteiger partial charge on any atom is -0.454 e. The quantitative estimate of drug-likeness (QED) is 0.358. The van der Waals surface area contributed by atoms with Crippen LogP contribution in [-0.4, -0.2) is 44.4 Å². The number of anilines is 1. The molecular formula is C20H27N5O2. The first-order valence-corrected chi connectivity index (χ1v) is 9.33. The molecule has 2 heterocycles. The molecule has 1 aliphatic heterocycles. The molecule has 0 bridgehead atoms. The number of nitrogens with zero attached hydrogens (tertiary/aromatic N) is 2. The molecule has 0 atom stereocenters. The van der Waals surface area contributed by atoms with Crippen LogP contribution in [0.3, 0.4) is 0 Å². The summed E-state index contributed by atoms with van der Waals surface area (Å²) in [5, 5.41) is 10.0.